The fraction of sp³-hybridized carbons (Fsp3) is 0.353. The van der Waals surface area contributed by atoms with Crippen molar-refractivity contribution in [2.45, 2.75) is 25.3 Å². The van der Waals surface area contributed by atoms with Crippen molar-refractivity contribution in [2.24, 2.45) is 5.73 Å². The maximum Gasteiger partial charge on any atom is 0.289 e. The molecule has 0 saturated carbocycles. The number of nitrogens with zero attached hydrogens (tertiary/aromatic N) is 1. The van der Waals surface area contributed by atoms with Crippen molar-refractivity contribution in [2.75, 3.05) is 13.1 Å². The number of carbonyl (C=O) groups excluding carboxylic acids is 1. The predicted molar refractivity (Wildman–Crippen MR) is 80.9 cm³/mol. The molecule has 2 aromatic rings. The van der Waals surface area contributed by atoms with E-state index in [4.69, 9.17) is 10.2 Å². The van der Waals surface area contributed by atoms with Crippen LogP contribution in [-0.4, -0.2) is 23.9 Å². The molecule has 1 aliphatic heterocycles. The quantitative estimate of drug-likeness (QED) is 0.942. The Bertz CT molecular complexity index is 598. The zero-order chi connectivity index (χ0) is 14.7. The number of furan rings is 1. The number of benzene rings is 1. The van der Waals surface area contributed by atoms with Gasteiger partial charge < -0.3 is 15.1 Å². The lowest BCUT2D eigenvalue weighted by Gasteiger charge is -2.31. The number of rotatable bonds is 3. The van der Waals surface area contributed by atoms with Gasteiger partial charge in [-0.25, -0.2) is 0 Å². The molecule has 1 aromatic heterocycles. The summed E-state index contributed by atoms with van der Waals surface area (Å²) in [7, 11) is 0. The van der Waals surface area contributed by atoms with Gasteiger partial charge in [-0.15, -0.1) is 0 Å². The van der Waals surface area contributed by atoms with Crippen molar-refractivity contribution in [3.05, 3.63) is 59.5 Å². The number of hydrogen-bond donors (Lipinski definition) is 1. The van der Waals surface area contributed by atoms with Crippen LogP contribution in [0.25, 0.3) is 0 Å². The van der Waals surface area contributed by atoms with Gasteiger partial charge in [0, 0.05) is 13.1 Å². The zero-order valence-electron chi connectivity index (χ0n) is 12.0. The van der Waals surface area contributed by atoms with Crippen molar-refractivity contribution in [1.29, 1.82) is 0 Å². The molecule has 0 spiro atoms. The molecule has 1 aromatic carbocycles. The van der Waals surface area contributed by atoms with Gasteiger partial charge in [0.25, 0.3) is 5.91 Å². The van der Waals surface area contributed by atoms with Gasteiger partial charge in [-0.3, -0.25) is 4.79 Å². The largest absolute Gasteiger partial charge is 0.455 e. The summed E-state index contributed by atoms with van der Waals surface area (Å²) >= 11 is 0. The van der Waals surface area contributed by atoms with Gasteiger partial charge in [0.05, 0.1) is 6.54 Å². The van der Waals surface area contributed by atoms with Crippen LogP contribution < -0.4 is 5.73 Å². The lowest BCUT2D eigenvalue weighted by Crippen LogP contribution is -2.37. The molecule has 2 heterocycles. The van der Waals surface area contributed by atoms with Crippen LogP contribution in [0.3, 0.4) is 0 Å². The SMILES string of the molecule is NCc1ccc(C(=O)N2CCC(c3ccccc3)CC2)o1. The topological polar surface area (TPSA) is 59.5 Å². The summed E-state index contributed by atoms with van der Waals surface area (Å²) in [5, 5.41) is 0. The molecular weight excluding hydrogens is 264 g/mol. The van der Waals surface area contributed by atoms with E-state index in [1.165, 1.54) is 5.56 Å². The average Bonchev–Trinajstić information content (AvgIpc) is 3.04. The molecule has 3 rings (SSSR count). The summed E-state index contributed by atoms with van der Waals surface area (Å²) in [6.07, 6.45) is 2.00. The van der Waals surface area contributed by atoms with Crippen LogP contribution in [0.1, 0.15) is 40.6 Å². The highest BCUT2D eigenvalue weighted by atomic mass is 16.4. The maximum atomic E-state index is 12.4. The predicted octanol–water partition coefficient (Wildman–Crippen LogP) is 2.76. The first-order valence-corrected chi connectivity index (χ1v) is 7.41. The van der Waals surface area contributed by atoms with E-state index < -0.39 is 0 Å². The van der Waals surface area contributed by atoms with E-state index in [0.717, 1.165) is 25.9 Å². The molecule has 4 heteroatoms. The van der Waals surface area contributed by atoms with Crippen molar-refractivity contribution < 1.29 is 9.21 Å². The second kappa shape index (κ2) is 6.14. The molecule has 0 aliphatic carbocycles. The third-order valence-corrected chi connectivity index (χ3v) is 4.13. The highest BCUT2D eigenvalue weighted by Gasteiger charge is 2.25. The molecule has 4 nitrogen and oxygen atoms in total. The number of piperidine rings is 1. The number of amides is 1. The molecule has 1 saturated heterocycles. The van der Waals surface area contributed by atoms with E-state index in [1.54, 1.807) is 12.1 Å². The average molecular weight is 284 g/mol. The second-order valence-electron chi connectivity index (χ2n) is 5.45. The fourth-order valence-electron chi connectivity index (χ4n) is 2.90. The third kappa shape index (κ3) is 3.00. The van der Waals surface area contributed by atoms with Crippen molar-refractivity contribution in [1.82, 2.24) is 4.90 Å². The molecular formula is C17H20N2O2. The Kier molecular flexibility index (Phi) is 4.06. The molecule has 0 bridgehead atoms. The molecule has 1 fully saturated rings. The summed E-state index contributed by atoms with van der Waals surface area (Å²) in [5.74, 6) is 1.57. The fourth-order valence-corrected chi connectivity index (χ4v) is 2.90. The van der Waals surface area contributed by atoms with E-state index in [0.29, 0.717) is 24.0 Å². The number of likely N-dealkylation sites (tertiary alicyclic amines) is 1. The normalized spacial score (nSPS) is 16.1. The van der Waals surface area contributed by atoms with Crippen LogP contribution in [-0.2, 0) is 6.54 Å². The van der Waals surface area contributed by atoms with Gasteiger partial charge >= 0.3 is 0 Å². The van der Waals surface area contributed by atoms with Crippen LogP contribution in [0, 0.1) is 0 Å². The summed E-state index contributed by atoms with van der Waals surface area (Å²) in [5.41, 5.74) is 6.87. The Labute approximate surface area is 124 Å². The first-order valence-electron chi connectivity index (χ1n) is 7.41. The highest BCUT2D eigenvalue weighted by Crippen LogP contribution is 2.28. The Morgan fingerprint density at radius 3 is 2.48 bits per heavy atom. The number of carbonyl (C=O) groups is 1. The maximum absolute atomic E-state index is 12.4. The second-order valence-corrected chi connectivity index (χ2v) is 5.45. The van der Waals surface area contributed by atoms with Crippen LogP contribution >= 0.6 is 0 Å². The van der Waals surface area contributed by atoms with Crippen molar-refractivity contribution in [3.8, 4) is 0 Å². The first-order chi connectivity index (χ1) is 10.3. The molecule has 1 aliphatic rings. The van der Waals surface area contributed by atoms with Gasteiger partial charge in [-0.2, -0.15) is 0 Å². The lowest BCUT2D eigenvalue weighted by atomic mass is 9.89. The van der Waals surface area contributed by atoms with Crippen molar-refractivity contribution >= 4 is 5.91 Å². The Morgan fingerprint density at radius 2 is 1.86 bits per heavy atom. The molecule has 0 radical (unpaired) electrons. The van der Waals surface area contributed by atoms with E-state index in [2.05, 4.69) is 24.3 Å². The van der Waals surface area contributed by atoms with Crippen LogP contribution in [0.2, 0.25) is 0 Å². The van der Waals surface area contributed by atoms with Gasteiger partial charge in [0.2, 0.25) is 0 Å². The van der Waals surface area contributed by atoms with Crippen LogP contribution in [0.5, 0.6) is 0 Å². The minimum atomic E-state index is -0.0267. The molecule has 21 heavy (non-hydrogen) atoms. The van der Waals surface area contributed by atoms with Crippen LogP contribution in [0.4, 0.5) is 0 Å². The smallest absolute Gasteiger partial charge is 0.289 e. The Balaban J connectivity index is 1.61. The van der Waals surface area contributed by atoms with Gasteiger partial charge in [-0.05, 0) is 36.5 Å². The van der Waals surface area contributed by atoms with Gasteiger partial charge in [0.1, 0.15) is 5.76 Å². The highest BCUT2D eigenvalue weighted by molar-refractivity contribution is 5.91. The third-order valence-electron chi connectivity index (χ3n) is 4.13. The Hall–Kier alpha value is -2.07. The van der Waals surface area contributed by atoms with E-state index in [1.807, 2.05) is 11.0 Å². The molecule has 0 atom stereocenters. The molecule has 110 valence electrons. The van der Waals surface area contributed by atoms with Gasteiger partial charge in [0.15, 0.2) is 5.76 Å². The summed E-state index contributed by atoms with van der Waals surface area (Å²) in [6, 6.07) is 14.0. The lowest BCUT2D eigenvalue weighted by molar-refractivity contribution is 0.0679. The summed E-state index contributed by atoms with van der Waals surface area (Å²) in [6.45, 7) is 1.87. The van der Waals surface area contributed by atoms with E-state index in [9.17, 15) is 4.79 Å². The number of nitrogens with two attached hydrogens (primary N) is 1. The molecule has 1 amide bonds. The monoisotopic (exact) mass is 284 g/mol. The Morgan fingerprint density at radius 1 is 1.14 bits per heavy atom. The minimum absolute atomic E-state index is 0.0267. The summed E-state index contributed by atoms with van der Waals surface area (Å²) < 4.78 is 5.44. The zero-order valence-corrected chi connectivity index (χ0v) is 12.0. The minimum Gasteiger partial charge on any atom is -0.455 e. The van der Waals surface area contributed by atoms with Crippen LogP contribution in [0.15, 0.2) is 46.9 Å². The van der Waals surface area contributed by atoms with E-state index >= 15 is 0 Å². The molecule has 0 unspecified atom stereocenters. The standard InChI is InChI=1S/C17H20N2O2/c18-12-15-6-7-16(21-15)17(20)19-10-8-14(9-11-19)13-4-2-1-3-5-13/h1-7,14H,8-12,18H2. The number of hydrogen-bond acceptors (Lipinski definition) is 3. The van der Waals surface area contributed by atoms with Gasteiger partial charge in [-0.1, -0.05) is 30.3 Å². The van der Waals surface area contributed by atoms with E-state index in [-0.39, 0.29) is 5.91 Å². The first kappa shape index (κ1) is 13.9. The molecule has 2 N–H and O–H groups in total. The van der Waals surface area contributed by atoms with Crippen molar-refractivity contribution in [3.63, 3.8) is 0 Å². The summed E-state index contributed by atoms with van der Waals surface area (Å²) in [4.78, 5) is 14.2.